The Kier molecular flexibility index (Phi) is 18.2. The van der Waals surface area contributed by atoms with Crippen LogP contribution in [-0.4, -0.2) is 29.2 Å². The molecule has 0 heterocycles. The third kappa shape index (κ3) is 30.3. The first kappa shape index (κ1) is 25.1. The van der Waals surface area contributed by atoms with Gasteiger partial charge in [0, 0.05) is 17.0 Å². The lowest BCUT2D eigenvalue weighted by atomic mass is 9.95. The van der Waals surface area contributed by atoms with Gasteiger partial charge in [0.05, 0.1) is 0 Å². The fourth-order valence-corrected chi connectivity index (χ4v) is 2.49. The number of rotatable bonds is 13. The average Bonchev–Trinajstić information content (AvgIpc) is 2.45. The van der Waals surface area contributed by atoms with Gasteiger partial charge in [0.25, 0.3) is 0 Å². The second kappa shape index (κ2) is 16.7. The molecule has 0 aromatic heterocycles. The van der Waals surface area contributed by atoms with Crippen molar-refractivity contribution in [3.63, 3.8) is 0 Å². The van der Waals surface area contributed by atoms with Gasteiger partial charge in [0.15, 0.2) is 0 Å². The van der Waals surface area contributed by atoms with Gasteiger partial charge in [-0.25, -0.2) is 0 Å². The van der Waals surface area contributed by atoms with E-state index in [1.54, 1.807) is 0 Å². The lowest BCUT2D eigenvalue weighted by Gasteiger charge is -2.12. The molecule has 1 N–H and O–H groups in total. The summed E-state index contributed by atoms with van der Waals surface area (Å²) in [7, 11) is -5.17. The Morgan fingerprint density at radius 2 is 1.13 bits per heavy atom. The lowest BCUT2D eigenvalue weighted by molar-refractivity contribution is 0.226. The van der Waals surface area contributed by atoms with Crippen molar-refractivity contribution in [2.75, 3.05) is 6.61 Å². The number of hydrogen-bond acceptors (Lipinski definition) is 5. The molecule has 0 radical (unpaired) electrons. The highest BCUT2D eigenvalue weighted by Crippen LogP contribution is 2.18. The summed E-state index contributed by atoms with van der Waals surface area (Å²) in [6.07, 6.45) is 15.1. The van der Waals surface area contributed by atoms with Crippen LogP contribution < -0.4 is 0 Å². The second-order valence-corrected chi connectivity index (χ2v) is 7.46. The maximum atomic E-state index is 8.95. The minimum Gasteiger partial charge on any atom is -0.759 e. The highest BCUT2D eigenvalue weighted by Gasteiger charge is 2.03. The van der Waals surface area contributed by atoms with Crippen molar-refractivity contribution >= 4 is 10.4 Å². The Morgan fingerprint density at radius 1 is 0.783 bits per heavy atom. The van der Waals surface area contributed by atoms with Crippen LogP contribution in [0, 0.1) is 11.8 Å². The van der Waals surface area contributed by atoms with Gasteiger partial charge in [0.1, 0.15) is 0 Å². The van der Waals surface area contributed by atoms with Crippen molar-refractivity contribution in [2.45, 2.75) is 91.4 Å². The Hall–Kier alpha value is -0.170. The van der Waals surface area contributed by atoms with E-state index in [-0.39, 0.29) is 0 Å². The fourth-order valence-electron chi connectivity index (χ4n) is 2.49. The highest BCUT2D eigenvalue weighted by molar-refractivity contribution is 7.79. The zero-order chi connectivity index (χ0) is 18.1. The summed E-state index contributed by atoms with van der Waals surface area (Å²) in [6, 6.07) is 0. The molecule has 142 valence electrons. The maximum absolute atomic E-state index is 8.95. The summed E-state index contributed by atoms with van der Waals surface area (Å²) in [5.74, 6) is 1.40. The number of hydrogen-bond donors (Lipinski definition) is 1. The number of unbranched alkanes of at least 4 members (excludes halogenated alkanes) is 6. The van der Waals surface area contributed by atoms with E-state index < -0.39 is 10.4 Å². The average molecular weight is 353 g/mol. The van der Waals surface area contributed by atoms with Crippen molar-refractivity contribution < 1.29 is 22.6 Å². The molecule has 0 aliphatic carbocycles. The van der Waals surface area contributed by atoms with Gasteiger partial charge < -0.3 is 14.2 Å². The molecule has 23 heavy (non-hydrogen) atoms. The van der Waals surface area contributed by atoms with E-state index in [9.17, 15) is 0 Å². The molecule has 0 aromatic rings. The SMILES string of the molecule is CCCCCCCCC(C)CCCCC(C)CO.O=S(=O)([O-])[O-]. The van der Waals surface area contributed by atoms with E-state index in [2.05, 4.69) is 20.8 Å². The van der Waals surface area contributed by atoms with E-state index in [1.807, 2.05) is 0 Å². The van der Waals surface area contributed by atoms with Crippen molar-refractivity contribution in [3.8, 4) is 0 Å². The van der Waals surface area contributed by atoms with E-state index in [0.29, 0.717) is 12.5 Å². The molecule has 6 heteroatoms. The van der Waals surface area contributed by atoms with Crippen LogP contribution in [0.3, 0.4) is 0 Å². The molecule has 0 saturated carbocycles. The first-order chi connectivity index (χ1) is 10.7. The monoisotopic (exact) mass is 352 g/mol. The summed E-state index contributed by atoms with van der Waals surface area (Å²) in [4.78, 5) is 0. The van der Waals surface area contributed by atoms with Crippen molar-refractivity contribution in [1.29, 1.82) is 0 Å². The molecule has 0 spiro atoms. The van der Waals surface area contributed by atoms with E-state index in [0.717, 1.165) is 5.92 Å². The minimum absolute atomic E-state index is 0.354. The molecule has 2 unspecified atom stereocenters. The van der Waals surface area contributed by atoms with E-state index in [4.69, 9.17) is 22.6 Å². The summed E-state index contributed by atoms with van der Waals surface area (Å²) >= 11 is 0. The zero-order valence-electron chi connectivity index (χ0n) is 15.1. The first-order valence-corrected chi connectivity index (χ1v) is 10.3. The zero-order valence-corrected chi connectivity index (χ0v) is 15.9. The van der Waals surface area contributed by atoms with Gasteiger partial charge in [-0.3, -0.25) is 8.42 Å². The lowest BCUT2D eigenvalue weighted by Crippen LogP contribution is -2.01. The van der Waals surface area contributed by atoms with Crippen LogP contribution >= 0.6 is 0 Å². The molecule has 5 nitrogen and oxygen atoms in total. The largest absolute Gasteiger partial charge is 0.759 e. The molecule has 0 aromatic carbocycles. The smallest absolute Gasteiger partial charge is 0.0456 e. The third-order valence-electron chi connectivity index (χ3n) is 4.01. The van der Waals surface area contributed by atoms with Crippen LogP contribution in [0.1, 0.15) is 91.4 Å². The van der Waals surface area contributed by atoms with Gasteiger partial charge in [-0.05, 0) is 18.3 Å². The molecule has 0 fully saturated rings. The number of aliphatic hydroxyl groups excluding tert-OH is 1. The quantitative estimate of drug-likeness (QED) is 0.304. The van der Waals surface area contributed by atoms with Crippen LogP contribution in [0.4, 0.5) is 0 Å². The van der Waals surface area contributed by atoms with Crippen LogP contribution in [0.2, 0.25) is 0 Å². The highest BCUT2D eigenvalue weighted by atomic mass is 32.3. The number of aliphatic hydroxyl groups is 1. The molecule has 0 rings (SSSR count). The summed E-state index contributed by atoms with van der Waals surface area (Å²) < 4.78 is 34.1. The van der Waals surface area contributed by atoms with Gasteiger partial charge >= 0.3 is 0 Å². The van der Waals surface area contributed by atoms with Gasteiger partial charge in [-0.15, -0.1) is 0 Å². The minimum atomic E-state index is -5.17. The molecular weight excluding hydrogens is 316 g/mol. The predicted octanol–water partition coefficient (Wildman–Crippen LogP) is 4.22. The molecule has 0 bridgehead atoms. The normalized spacial score (nSPS) is 14.0. The van der Waals surface area contributed by atoms with E-state index >= 15 is 0 Å². The molecule has 0 aliphatic rings. The van der Waals surface area contributed by atoms with Crippen LogP contribution in [0.5, 0.6) is 0 Å². The summed E-state index contributed by atoms with van der Waals surface area (Å²) in [5.41, 5.74) is 0. The van der Waals surface area contributed by atoms with Crippen LogP contribution in [0.15, 0.2) is 0 Å². The van der Waals surface area contributed by atoms with Gasteiger partial charge in [0.2, 0.25) is 0 Å². The molecule has 2 atom stereocenters. The Balaban J connectivity index is 0. The van der Waals surface area contributed by atoms with Crippen molar-refractivity contribution in [2.24, 2.45) is 11.8 Å². The Labute approximate surface area is 143 Å². The second-order valence-electron chi connectivity index (χ2n) is 6.64. The first-order valence-electron chi connectivity index (χ1n) is 8.98. The van der Waals surface area contributed by atoms with Crippen molar-refractivity contribution in [3.05, 3.63) is 0 Å². The van der Waals surface area contributed by atoms with Crippen LogP contribution in [-0.2, 0) is 10.4 Å². The maximum Gasteiger partial charge on any atom is 0.0456 e. The van der Waals surface area contributed by atoms with Gasteiger partial charge in [-0.1, -0.05) is 85.0 Å². The molecule has 0 saturated heterocycles. The Morgan fingerprint density at radius 3 is 1.57 bits per heavy atom. The van der Waals surface area contributed by atoms with E-state index in [1.165, 1.54) is 70.6 Å². The topological polar surface area (TPSA) is 100 Å². The standard InChI is InChI=1S/C17H36O.H2O4S/c1-4-5-6-7-8-9-12-16(2)13-10-11-14-17(3)15-18;1-5(2,3)4/h16-18H,4-15H2,1-3H3;(H2,1,2,3,4)/p-2. The van der Waals surface area contributed by atoms with Crippen molar-refractivity contribution in [1.82, 2.24) is 0 Å². The van der Waals surface area contributed by atoms with Crippen LogP contribution in [0.25, 0.3) is 0 Å². The predicted molar refractivity (Wildman–Crippen MR) is 92.3 cm³/mol. The summed E-state index contributed by atoms with van der Waals surface area (Å²) in [6.45, 7) is 7.17. The molecular formula is C17H36O5S-2. The third-order valence-corrected chi connectivity index (χ3v) is 4.01. The molecule has 0 aliphatic heterocycles. The summed E-state index contributed by atoms with van der Waals surface area (Å²) in [5, 5.41) is 8.95. The van der Waals surface area contributed by atoms with Gasteiger partial charge in [-0.2, -0.15) is 0 Å². The molecule has 0 amide bonds. The fraction of sp³-hybridized carbons (Fsp3) is 1.00. The Bertz CT molecular complexity index is 322.